The van der Waals surface area contributed by atoms with Crippen molar-refractivity contribution in [3.63, 3.8) is 0 Å². The predicted molar refractivity (Wildman–Crippen MR) is 174 cm³/mol. The maximum absolute atomic E-state index is 14.4. The number of hydrogen-bond acceptors (Lipinski definition) is 7. The van der Waals surface area contributed by atoms with Crippen molar-refractivity contribution in [1.82, 2.24) is 19.6 Å². The summed E-state index contributed by atoms with van der Waals surface area (Å²) < 4.78 is 40.1. The van der Waals surface area contributed by atoms with Crippen LogP contribution in [-0.4, -0.2) is 39.7 Å². The molecule has 0 atom stereocenters. The first kappa shape index (κ1) is 29.6. The second-order valence-corrected chi connectivity index (χ2v) is 12.9. The van der Waals surface area contributed by atoms with Crippen LogP contribution < -0.4 is 10.6 Å². The summed E-state index contributed by atoms with van der Waals surface area (Å²) in [6.07, 6.45) is 3.49. The fourth-order valence-electron chi connectivity index (χ4n) is 4.94. The molecule has 0 aliphatic heterocycles. The van der Waals surface area contributed by atoms with E-state index in [1.807, 2.05) is 30.5 Å². The molecule has 0 saturated carbocycles. The van der Waals surface area contributed by atoms with Crippen molar-refractivity contribution in [3.05, 3.63) is 126 Å². The molecule has 6 aromatic rings. The van der Waals surface area contributed by atoms with E-state index in [4.69, 9.17) is 10.1 Å². The number of aromatic nitrogens is 4. The first-order valence-corrected chi connectivity index (χ1v) is 16.1. The molecule has 45 heavy (non-hydrogen) atoms. The highest BCUT2D eigenvalue weighted by molar-refractivity contribution is 7.90. The zero-order valence-corrected chi connectivity index (χ0v) is 25.3. The number of amides is 1. The summed E-state index contributed by atoms with van der Waals surface area (Å²) in [5, 5.41) is 10.8. The van der Waals surface area contributed by atoms with Crippen LogP contribution >= 0.6 is 0 Å². The van der Waals surface area contributed by atoms with Gasteiger partial charge in [0, 0.05) is 35.1 Å². The summed E-state index contributed by atoms with van der Waals surface area (Å²) in [6, 6.07) is 26.3. The molecule has 0 unspecified atom stereocenters. The topological polar surface area (TPSA) is 118 Å². The number of aryl methyl sites for hydroxylation is 1. The van der Waals surface area contributed by atoms with Gasteiger partial charge in [-0.2, -0.15) is 5.10 Å². The number of benzene rings is 3. The molecule has 0 bridgehead atoms. The Labute approximate surface area is 259 Å². The number of pyridine rings is 1. The third-order valence-corrected chi connectivity index (χ3v) is 8.90. The molecule has 6 rings (SSSR count). The minimum atomic E-state index is -3.13. The van der Waals surface area contributed by atoms with Gasteiger partial charge in [-0.25, -0.2) is 27.3 Å². The third kappa shape index (κ3) is 6.58. The van der Waals surface area contributed by atoms with E-state index in [9.17, 15) is 17.6 Å². The molecule has 1 amide bonds. The average molecular weight is 621 g/mol. The van der Waals surface area contributed by atoms with Gasteiger partial charge in [0.25, 0.3) is 5.91 Å². The van der Waals surface area contributed by atoms with Crippen molar-refractivity contribution < 1.29 is 17.6 Å². The van der Waals surface area contributed by atoms with Gasteiger partial charge in [-0.1, -0.05) is 48.9 Å². The molecule has 0 radical (unpaired) electrons. The van der Waals surface area contributed by atoms with Crippen LogP contribution in [0.1, 0.15) is 28.4 Å². The summed E-state index contributed by atoms with van der Waals surface area (Å²) >= 11 is 0. The number of rotatable bonds is 9. The number of sulfone groups is 1. The number of nitrogens with one attached hydrogen (secondary N) is 2. The quantitative estimate of drug-likeness (QED) is 0.182. The largest absolute Gasteiger partial charge is 0.324 e. The number of anilines is 3. The molecular formula is C34H29FN6O3S. The van der Waals surface area contributed by atoms with Crippen molar-refractivity contribution in [2.24, 2.45) is 0 Å². The molecule has 3 aromatic heterocycles. The molecule has 11 heteroatoms. The fourth-order valence-corrected chi connectivity index (χ4v) is 5.84. The summed E-state index contributed by atoms with van der Waals surface area (Å²) in [7, 11) is -3.13. The fraction of sp³-hybridized carbons (Fsp3) is 0.118. The second kappa shape index (κ2) is 12.3. The van der Waals surface area contributed by atoms with Crippen molar-refractivity contribution >= 4 is 38.6 Å². The second-order valence-electron chi connectivity index (χ2n) is 10.5. The zero-order valence-electron chi connectivity index (χ0n) is 24.5. The van der Waals surface area contributed by atoms with Crippen LogP contribution in [0.4, 0.5) is 21.7 Å². The number of carbonyl (C=O) groups is 1. The van der Waals surface area contributed by atoms with E-state index in [0.29, 0.717) is 34.3 Å². The molecule has 2 N–H and O–H groups in total. The smallest absolute Gasteiger partial charge is 0.258 e. The number of halogens is 1. The molecule has 226 valence electrons. The SMILES string of the molecule is CCS(=O)(=O)Cc1ccc(Nc2nccc(-c3c(-c4cccc(NC(=O)c5cc(C)ccc5F)c4)nn4ccccc34)n2)cc1. The first-order chi connectivity index (χ1) is 21.7. The molecule has 0 aliphatic carbocycles. The van der Waals surface area contributed by atoms with Crippen molar-refractivity contribution in [3.8, 4) is 22.5 Å². The molecule has 9 nitrogen and oxygen atoms in total. The van der Waals surface area contributed by atoms with Crippen LogP contribution in [-0.2, 0) is 15.6 Å². The van der Waals surface area contributed by atoms with Crippen LogP contribution in [0.3, 0.4) is 0 Å². The average Bonchev–Trinajstić information content (AvgIpc) is 3.43. The lowest BCUT2D eigenvalue weighted by Crippen LogP contribution is -2.14. The van der Waals surface area contributed by atoms with E-state index in [-0.39, 0.29) is 17.1 Å². The molecule has 0 aliphatic rings. The minimum Gasteiger partial charge on any atom is -0.324 e. The minimum absolute atomic E-state index is 0.0129. The highest BCUT2D eigenvalue weighted by Gasteiger charge is 2.19. The molecular weight excluding hydrogens is 591 g/mol. The Balaban J connectivity index is 1.32. The lowest BCUT2D eigenvalue weighted by atomic mass is 10.0. The van der Waals surface area contributed by atoms with E-state index in [1.165, 1.54) is 12.1 Å². The third-order valence-electron chi connectivity index (χ3n) is 7.25. The number of hydrogen-bond donors (Lipinski definition) is 2. The van der Waals surface area contributed by atoms with Gasteiger partial charge in [-0.05, 0) is 67.1 Å². The number of fused-ring (bicyclic) bond motifs is 1. The normalized spacial score (nSPS) is 11.4. The number of nitrogens with zero attached hydrogens (tertiary/aromatic N) is 4. The highest BCUT2D eigenvalue weighted by atomic mass is 32.2. The molecule has 3 heterocycles. The lowest BCUT2D eigenvalue weighted by Gasteiger charge is -2.10. The van der Waals surface area contributed by atoms with E-state index in [0.717, 1.165) is 22.2 Å². The molecule has 0 saturated heterocycles. The highest BCUT2D eigenvalue weighted by Crippen LogP contribution is 2.35. The zero-order chi connectivity index (χ0) is 31.6. The summed E-state index contributed by atoms with van der Waals surface area (Å²) in [5.41, 5.74) is 6.19. The Morgan fingerprint density at radius 2 is 1.76 bits per heavy atom. The maximum Gasteiger partial charge on any atom is 0.258 e. The van der Waals surface area contributed by atoms with Gasteiger partial charge in [0.15, 0.2) is 9.84 Å². The molecule has 3 aromatic carbocycles. The summed E-state index contributed by atoms with van der Waals surface area (Å²) in [6.45, 7) is 3.43. The Bertz CT molecular complexity index is 2150. The number of carbonyl (C=O) groups excluding carboxylic acids is 1. The molecule has 0 fully saturated rings. The lowest BCUT2D eigenvalue weighted by molar-refractivity contribution is 0.102. The summed E-state index contributed by atoms with van der Waals surface area (Å²) in [4.78, 5) is 22.1. The van der Waals surface area contributed by atoms with Crippen molar-refractivity contribution in [1.29, 1.82) is 0 Å². The van der Waals surface area contributed by atoms with Gasteiger partial charge in [-0.15, -0.1) is 0 Å². The Hall–Kier alpha value is -5.42. The molecule has 0 spiro atoms. The summed E-state index contributed by atoms with van der Waals surface area (Å²) in [5.74, 6) is -0.712. The van der Waals surface area contributed by atoms with Gasteiger partial charge in [-0.3, -0.25) is 4.79 Å². The Kier molecular flexibility index (Phi) is 8.10. The van der Waals surface area contributed by atoms with Gasteiger partial charge >= 0.3 is 0 Å². The van der Waals surface area contributed by atoms with Crippen LogP contribution in [0.2, 0.25) is 0 Å². The van der Waals surface area contributed by atoms with E-state index in [2.05, 4.69) is 15.6 Å². The van der Waals surface area contributed by atoms with Gasteiger partial charge < -0.3 is 10.6 Å². The standard InChI is InChI=1S/C34H29FN6O3S/c1-3-45(43,44)21-23-11-13-25(14-12-23)38-34-36-17-16-29(39-34)31-30-9-4-5-18-41(30)40-32(31)24-7-6-8-26(20-24)37-33(42)27-19-22(2)10-15-28(27)35/h4-20H,3,21H2,1-2H3,(H,37,42)(H,36,38,39). The maximum atomic E-state index is 14.4. The van der Waals surface area contributed by atoms with Crippen LogP contribution in [0.25, 0.3) is 28.0 Å². The van der Waals surface area contributed by atoms with Crippen molar-refractivity contribution in [2.45, 2.75) is 19.6 Å². The van der Waals surface area contributed by atoms with Crippen LogP contribution in [0.5, 0.6) is 0 Å². The van der Waals surface area contributed by atoms with Crippen molar-refractivity contribution in [2.75, 3.05) is 16.4 Å². The van der Waals surface area contributed by atoms with Gasteiger partial charge in [0.2, 0.25) is 5.95 Å². The monoisotopic (exact) mass is 620 g/mol. The first-order valence-electron chi connectivity index (χ1n) is 14.2. The van der Waals surface area contributed by atoms with Crippen LogP contribution in [0, 0.1) is 12.7 Å². The van der Waals surface area contributed by atoms with E-state index >= 15 is 0 Å². The van der Waals surface area contributed by atoms with Gasteiger partial charge in [0.05, 0.1) is 28.1 Å². The van der Waals surface area contributed by atoms with E-state index < -0.39 is 21.6 Å². The Morgan fingerprint density at radius 1 is 0.933 bits per heavy atom. The predicted octanol–water partition coefficient (Wildman–Crippen LogP) is 6.84. The van der Waals surface area contributed by atoms with E-state index in [1.54, 1.807) is 79.2 Å². The van der Waals surface area contributed by atoms with Gasteiger partial charge in [0.1, 0.15) is 11.5 Å². The Morgan fingerprint density at radius 3 is 2.56 bits per heavy atom. The van der Waals surface area contributed by atoms with Crippen LogP contribution in [0.15, 0.2) is 103 Å².